The lowest BCUT2D eigenvalue weighted by Crippen LogP contribution is -2.30. The quantitative estimate of drug-likeness (QED) is 0.937. The van der Waals surface area contributed by atoms with E-state index < -0.39 is 18.3 Å². The lowest BCUT2D eigenvalue weighted by atomic mass is 10.2. The van der Waals surface area contributed by atoms with Crippen LogP contribution < -0.4 is 19.5 Å². The highest BCUT2D eigenvalue weighted by atomic mass is 19.3. The summed E-state index contributed by atoms with van der Waals surface area (Å²) in [5.74, 6) is -0.0778. The molecule has 0 saturated heterocycles. The van der Waals surface area contributed by atoms with Crippen LogP contribution in [0.1, 0.15) is 6.92 Å². The number of fused-ring (bicyclic) bond motifs is 1. The zero-order chi connectivity index (χ0) is 16.4. The van der Waals surface area contributed by atoms with Crippen LogP contribution in [0.5, 0.6) is 17.2 Å². The first-order valence-corrected chi connectivity index (χ1v) is 6.85. The van der Waals surface area contributed by atoms with Crippen molar-refractivity contribution in [3.8, 4) is 17.2 Å². The van der Waals surface area contributed by atoms with Gasteiger partial charge < -0.3 is 19.5 Å². The molecule has 0 aromatic heterocycles. The standard InChI is InChI=1S/C16H13F2NO4/c1-10(21-12-5-3-2-4-6-12)15(20)19-11-7-8-13-14(9-11)23-16(17,18)22-13/h2-10H,1H3,(H,19,20). The number of halogens is 2. The largest absolute Gasteiger partial charge is 0.586 e. The van der Waals surface area contributed by atoms with Gasteiger partial charge in [0.15, 0.2) is 17.6 Å². The molecule has 1 heterocycles. The zero-order valence-corrected chi connectivity index (χ0v) is 12.1. The summed E-state index contributed by atoms with van der Waals surface area (Å²) in [6, 6.07) is 12.9. The van der Waals surface area contributed by atoms with Gasteiger partial charge in [-0.1, -0.05) is 18.2 Å². The van der Waals surface area contributed by atoms with E-state index in [1.165, 1.54) is 18.2 Å². The Morgan fingerprint density at radius 2 is 1.83 bits per heavy atom. The molecule has 1 unspecified atom stereocenters. The molecule has 0 fully saturated rings. The summed E-state index contributed by atoms with van der Waals surface area (Å²) in [6.07, 6.45) is -4.45. The van der Waals surface area contributed by atoms with Gasteiger partial charge in [0.05, 0.1) is 0 Å². The topological polar surface area (TPSA) is 56.8 Å². The lowest BCUT2D eigenvalue weighted by molar-refractivity contribution is -0.286. The molecule has 23 heavy (non-hydrogen) atoms. The van der Waals surface area contributed by atoms with E-state index in [-0.39, 0.29) is 11.5 Å². The third-order valence-electron chi connectivity index (χ3n) is 3.09. The molecule has 7 heteroatoms. The summed E-state index contributed by atoms with van der Waals surface area (Å²) in [5.41, 5.74) is 0.304. The maximum absolute atomic E-state index is 12.9. The molecule has 1 aliphatic heterocycles. The highest BCUT2D eigenvalue weighted by molar-refractivity contribution is 5.94. The van der Waals surface area contributed by atoms with Gasteiger partial charge >= 0.3 is 6.29 Å². The Bertz CT molecular complexity index is 721. The van der Waals surface area contributed by atoms with Gasteiger partial charge in [-0.3, -0.25) is 4.79 Å². The molecule has 0 bridgehead atoms. The first-order chi connectivity index (χ1) is 10.9. The molecule has 120 valence electrons. The van der Waals surface area contributed by atoms with Gasteiger partial charge in [-0.05, 0) is 31.2 Å². The van der Waals surface area contributed by atoms with Crippen LogP contribution >= 0.6 is 0 Å². The predicted octanol–water partition coefficient (Wildman–Crippen LogP) is 3.41. The Balaban J connectivity index is 1.65. The summed E-state index contributed by atoms with van der Waals surface area (Å²) in [4.78, 5) is 12.1. The fourth-order valence-electron chi connectivity index (χ4n) is 2.03. The van der Waals surface area contributed by atoms with Crippen LogP contribution in [0.4, 0.5) is 14.5 Å². The third kappa shape index (κ3) is 3.50. The summed E-state index contributed by atoms with van der Waals surface area (Å²) in [5, 5.41) is 2.57. The third-order valence-corrected chi connectivity index (χ3v) is 3.09. The van der Waals surface area contributed by atoms with Crippen molar-refractivity contribution in [1.82, 2.24) is 0 Å². The fourth-order valence-corrected chi connectivity index (χ4v) is 2.03. The maximum Gasteiger partial charge on any atom is 0.586 e. The number of alkyl halides is 2. The van der Waals surface area contributed by atoms with Gasteiger partial charge in [-0.25, -0.2) is 0 Å². The Labute approximate surface area is 130 Å². The maximum atomic E-state index is 12.9. The monoisotopic (exact) mass is 321 g/mol. The Morgan fingerprint density at radius 3 is 2.57 bits per heavy atom. The second kappa shape index (κ2) is 5.75. The molecule has 2 aromatic carbocycles. The number of amides is 1. The van der Waals surface area contributed by atoms with Gasteiger partial charge in [-0.2, -0.15) is 0 Å². The molecule has 5 nitrogen and oxygen atoms in total. The highest BCUT2D eigenvalue weighted by Gasteiger charge is 2.43. The number of ether oxygens (including phenoxy) is 3. The van der Waals surface area contributed by atoms with Gasteiger partial charge in [0.2, 0.25) is 0 Å². The van der Waals surface area contributed by atoms with Crippen molar-refractivity contribution in [1.29, 1.82) is 0 Å². The normalized spacial score (nSPS) is 15.8. The molecule has 0 aliphatic carbocycles. The smallest absolute Gasteiger partial charge is 0.481 e. The first-order valence-electron chi connectivity index (χ1n) is 6.85. The molecule has 2 aromatic rings. The molecular formula is C16H13F2NO4. The molecule has 1 amide bonds. The summed E-state index contributed by atoms with van der Waals surface area (Å²) in [6.45, 7) is 1.59. The van der Waals surface area contributed by atoms with E-state index in [1.807, 2.05) is 6.07 Å². The van der Waals surface area contributed by atoms with Gasteiger partial charge in [0.25, 0.3) is 5.91 Å². The van der Waals surface area contributed by atoms with E-state index >= 15 is 0 Å². The van der Waals surface area contributed by atoms with Gasteiger partial charge in [0, 0.05) is 11.8 Å². The Morgan fingerprint density at radius 1 is 1.13 bits per heavy atom. The summed E-state index contributed by atoms with van der Waals surface area (Å²) >= 11 is 0. The van der Waals surface area contributed by atoms with Crippen LogP contribution in [0.3, 0.4) is 0 Å². The zero-order valence-electron chi connectivity index (χ0n) is 12.1. The number of carbonyl (C=O) groups excluding carboxylic acids is 1. The number of nitrogens with one attached hydrogen (secondary N) is 1. The van der Waals surface area contributed by atoms with Crippen LogP contribution in [0.25, 0.3) is 0 Å². The van der Waals surface area contributed by atoms with Crippen molar-refractivity contribution in [2.45, 2.75) is 19.3 Å². The first kappa shape index (κ1) is 15.1. The minimum atomic E-state index is -3.69. The lowest BCUT2D eigenvalue weighted by Gasteiger charge is -2.14. The van der Waals surface area contributed by atoms with Crippen molar-refractivity contribution in [2.75, 3.05) is 5.32 Å². The summed E-state index contributed by atoms with van der Waals surface area (Å²) < 4.78 is 40.0. The number of carbonyl (C=O) groups is 1. The van der Waals surface area contributed by atoms with Crippen LogP contribution in [-0.4, -0.2) is 18.3 Å². The van der Waals surface area contributed by atoms with Crippen molar-refractivity contribution in [3.05, 3.63) is 48.5 Å². The highest BCUT2D eigenvalue weighted by Crippen LogP contribution is 2.42. The minimum absolute atomic E-state index is 0.0819. The van der Waals surface area contributed by atoms with E-state index in [0.29, 0.717) is 11.4 Å². The molecule has 0 spiro atoms. The Kier molecular flexibility index (Phi) is 3.77. The summed E-state index contributed by atoms with van der Waals surface area (Å²) in [7, 11) is 0. The molecule has 0 saturated carbocycles. The van der Waals surface area contributed by atoms with E-state index in [2.05, 4.69) is 14.8 Å². The average molecular weight is 321 g/mol. The van der Waals surface area contributed by atoms with Crippen molar-refractivity contribution >= 4 is 11.6 Å². The molecule has 1 N–H and O–H groups in total. The number of hydrogen-bond donors (Lipinski definition) is 1. The number of anilines is 1. The number of rotatable bonds is 4. The van der Waals surface area contributed by atoms with E-state index in [0.717, 1.165) is 0 Å². The van der Waals surface area contributed by atoms with E-state index in [1.54, 1.807) is 31.2 Å². The second-order valence-corrected chi connectivity index (χ2v) is 4.89. The average Bonchev–Trinajstić information content (AvgIpc) is 2.81. The molecule has 1 aliphatic rings. The van der Waals surface area contributed by atoms with Crippen LogP contribution in [0.2, 0.25) is 0 Å². The SMILES string of the molecule is CC(Oc1ccccc1)C(=O)Nc1ccc2c(c1)OC(F)(F)O2. The van der Waals surface area contributed by atoms with Gasteiger partial charge in [-0.15, -0.1) is 8.78 Å². The van der Waals surface area contributed by atoms with Crippen molar-refractivity contribution in [3.63, 3.8) is 0 Å². The molecular weight excluding hydrogens is 308 g/mol. The minimum Gasteiger partial charge on any atom is -0.481 e. The van der Waals surface area contributed by atoms with Crippen LogP contribution in [-0.2, 0) is 4.79 Å². The molecule has 0 radical (unpaired) electrons. The Hall–Kier alpha value is -2.83. The van der Waals surface area contributed by atoms with Gasteiger partial charge in [0.1, 0.15) is 5.75 Å². The van der Waals surface area contributed by atoms with Crippen molar-refractivity contribution in [2.24, 2.45) is 0 Å². The van der Waals surface area contributed by atoms with E-state index in [9.17, 15) is 13.6 Å². The second-order valence-electron chi connectivity index (χ2n) is 4.89. The predicted molar refractivity (Wildman–Crippen MR) is 77.8 cm³/mol. The molecule has 3 rings (SSSR count). The van der Waals surface area contributed by atoms with Crippen molar-refractivity contribution < 1.29 is 27.8 Å². The van der Waals surface area contributed by atoms with Crippen LogP contribution in [0, 0.1) is 0 Å². The number of hydrogen-bond acceptors (Lipinski definition) is 4. The number of para-hydroxylation sites is 1. The van der Waals surface area contributed by atoms with Crippen LogP contribution in [0.15, 0.2) is 48.5 Å². The fraction of sp³-hybridized carbons (Fsp3) is 0.188. The molecule has 1 atom stereocenters. The number of benzene rings is 2. The van der Waals surface area contributed by atoms with E-state index in [4.69, 9.17) is 4.74 Å².